The molecule has 0 unspecified atom stereocenters. The van der Waals surface area contributed by atoms with Crippen molar-refractivity contribution < 1.29 is 28.0 Å². The van der Waals surface area contributed by atoms with Gasteiger partial charge in [0, 0.05) is 5.69 Å². The topological polar surface area (TPSA) is 123 Å². The molecule has 0 saturated carbocycles. The third-order valence-corrected chi connectivity index (χ3v) is 5.41. The Kier molecular flexibility index (Phi) is 6.41. The lowest BCUT2D eigenvalue weighted by Gasteiger charge is -2.09. The van der Waals surface area contributed by atoms with Gasteiger partial charge in [0.2, 0.25) is 5.91 Å². The number of thiophene rings is 1. The van der Waals surface area contributed by atoms with Gasteiger partial charge in [-0.2, -0.15) is 0 Å². The van der Waals surface area contributed by atoms with Gasteiger partial charge in [0.15, 0.2) is 6.61 Å². The first-order valence-electron chi connectivity index (χ1n) is 9.71. The van der Waals surface area contributed by atoms with Crippen LogP contribution in [0, 0.1) is 12.7 Å². The molecule has 1 aromatic carbocycles. The standard InChI is InChI=1S/C22H17FN4O5S/c1-12-20-15(9-16(17-3-2-8-33-17)26-21(20)32-27-12)22(30)31-11-19(29)24-10-18(28)25-14-6-4-13(23)5-7-14/h2-9H,10-11H2,1H3,(H,24,29)(H,25,28). The zero-order chi connectivity index (χ0) is 23.4. The lowest BCUT2D eigenvalue weighted by atomic mass is 10.1. The van der Waals surface area contributed by atoms with Crippen molar-refractivity contribution in [2.75, 3.05) is 18.5 Å². The molecule has 0 spiro atoms. The average Bonchev–Trinajstić information content (AvgIpc) is 3.47. The lowest BCUT2D eigenvalue weighted by molar-refractivity contribution is -0.126. The molecule has 0 bridgehead atoms. The van der Waals surface area contributed by atoms with Crippen molar-refractivity contribution in [3.05, 3.63) is 64.9 Å². The van der Waals surface area contributed by atoms with Crippen LogP contribution < -0.4 is 10.6 Å². The van der Waals surface area contributed by atoms with Crippen LogP contribution in [0.3, 0.4) is 0 Å². The highest BCUT2D eigenvalue weighted by Gasteiger charge is 2.21. The summed E-state index contributed by atoms with van der Waals surface area (Å²) in [5.74, 6) is -2.36. The molecule has 11 heteroatoms. The smallest absolute Gasteiger partial charge is 0.339 e. The highest BCUT2D eigenvalue weighted by atomic mass is 32.1. The molecular weight excluding hydrogens is 451 g/mol. The number of hydrogen-bond donors (Lipinski definition) is 2. The number of aromatic nitrogens is 2. The molecular formula is C22H17FN4O5S. The Hall–Kier alpha value is -4.12. The summed E-state index contributed by atoms with van der Waals surface area (Å²) < 4.78 is 23.3. The summed E-state index contributed by atoms with van der Waals surface area (Å²) in [5.41, 5.74) is 1.72. The van der Waals surface area contributed by atoms with Crippen LogP contribution in [0.4, 0.5) is 10.1 Å². The summed E-state index contributed by atoms with van der Waals surface area (Å²) in [6, 6.07) is 10.4. The van der Waals surface area contributed by atoms with E-state index in [-0.39, 0.29) is 17.8 Å². The van der Waals surface area contributed by atoms with E-state index in [1.165, 1.54) is 35.6 Å². The van der Waals surface area contributed by atoms with Crippen LogP contribution in [0.2, 0.25) is 0 Å². The monoisotopic (exact) mass is 468 g/mol. The number of rotatable bonds is 7. The second-order valence-electron chi connectivity index (χ2n) is 6.89. The summed E-state index contributed by atoms with van der Waals surface area (Å²) in [6.07, 6.45) is 0. The lowest BCUT2D eigenvalue weighted by Crippen LogP contribution is -2.35. The van der Waals surface area contributed by atoms with E-state index in [1.54, 1.807) is 13.0 Å². The molecule has 0 aliphatic rings. The van der Waals surface area contributed by atoms with Crippen molar-refractivity contribution in [3.8, 4) is 10.6 Å². The summed E-state index contributed by atoms with van der Waals surface area (Å²) in [4.78, 5) is 41.9. The van der Waals surface area contributed by atoms with Crippen LogP contribution in [-0.2, 0) is 14.3 Å². The number of carbonyl (C=O) groups excluding carboxylic acids is 3. The molecule has 4 aromatic rings. The van der Waals surface area contributed by atoms with Crippen LogP contribution >= 0.6 is 11.3 Å². The van der Waals surface area contributed by atoms with E-state index < -0.39 is 30.2 Å². The normalized spacial score (nSPS) is 10.7. The van der Waals surface area contributed by atoms with E-state index in [0.29, 0.717) is 22.5 Å². The van der Waals surface area contributed by atoms with Gasteiger partial charge in [-0.3, -0.25) is 9.59 Å². The van der Waals surface area contributed by atoms with E-state index in [1.807, 2.05) is 17.5 Å². The molecule has 2 N–H and O–H groups in total. The van der Waals surface area contributed by atoms with Gasteiger partial charge in [-0.05, 0) is 48.7 Å². The first kappa shape index (κ1) is 22.1. The number of anilines is 1. The number of nitrogens with one attached hydrogen (secondary N) is 2. The van der Waals surface area contributed by atoms with E-state index in [0.717, 1.165) is 4.88 Å². The quantitative estimate of drug-likeness (QED) is 0.399. The van der Waals surface area contributed by atoms with Gasteiger partial charge in [0.05, 0.1) is 33.8 Å². The van der Waals surface area contributed by atoms with Gasteiger partial charge in [-0.15, -0.1) is 11.3 Å². The van der Waals surface area contributed by atoms with Crippen molar-refractivity contribution in [1.29, 1.82) is 0 Å². The van der Waals surface area contributed by atoms with Gasteiger partial charge in [0.25, 0.3) is 11.6 Å². The number of carbonyl (C=O) groups is 3. The molecule has 2 amide bonds. The number of aryl methyl sites for hydroxylation is 1. The molecule has 4 rings (SSSR count). The molecule has 168 valence electrons. The third kappa shape index (κ3) is 5.21. The Morgan fingerprint density at radius 1 is 1.15 bits per heavy atom. The number of benzene rings is 1. The Morgan fingerprint density at radius 2 is 1.94 bits per heavy atom. The largest absolute Gasteiger partial charge is 0.452 e. The fraction of sp³-hybridized carbons (Fsp3) is 0.136. The van der Waals surface area contributed by atoms with E-state index in [9.17, 15) is 18.8 Å². The molecule has 0 fully saturated rings. The molecule has 0 saturated heterocycles. The number of hydrogen-bond acceptors (Lipinski definition) is 8. The number of ether oxygens (including phenoxy) is 1. The predicted molar refractivity (Wildman–Crippen MR) is 118 cm³/mol. The zero-order valence-electron chi connectivity index (χ0n) is 17.3. The second-order valence-corrected chi connectivity index (χ2v) is 7.84. The maximum absolute atomic E-state index is 12.9. The number of amides is 2. The first-order valence-corrected chi connectivity index (χ1v) is 10.6. The third-order valence-electron chi connectivity index (χ3n) is 4.52. The van der Waals surface area contributed by atoms with Crippen LogP contribution in [-0.4, -0.2) is 41.1 Å². The number of pyridine rings is 1. The summed E-state index contributed by atoms with van der Waals surface area (Å²) in [5, 5.41) is 11.0. The second kappa shape index (κ2) is 9.57. The molecule has 9 nitrogen and oxygen atoms in total. The first-order chi connectivity index (χ1) is 15.9. The minimum absolute atomic E-state index is 0.170. The fourth-order valence-electron chi connectivity index (χ4n) is 2.98. The maximum atomic E-state index is 12.9. The van der Waals surface area contributed by atoms with Crippen molar-refractivity contribution in [3.63, 3.8) is 0 Å². The van der Waals surface area contributed by atoms with Gasteiger partial charge in [0.1, 0.15) is 5.82 Å². The zero-order valence-corrected chi connectivity index (χ0v) is 18.1. The maximum Gasteiger partial charge on any atom is 0.339 e. The Bertz CT molecular complexity index is 1320. The van der Waals surface area contributed by atoms with Gasteiger partial charge in [-0.25, -0.2) is 14.2 Å². The summed E-state index contributed by atoms with van der Waals surface area (Å²) >= 11 is 1.44. The molecule has 0 aliphatic heterocycles. The molecule has 0 radical (unpaired) electrons. The summed E-state index contributed by atoms with van der Waals surface area (Å²) in [6.45, 7) is 0.729. The number of halogens is 1. The van der Waals surface area contributed by atoms with Crippen molar-refractivity contribution in [1.82, 2.24) is 15.5 Å². The van der Waals surface area contributed by atoms with Crippen molar-refractivity contribution in [2.24, 2.45) is 0 Å². The molecule has 0 aliphatic carbocycles. The number of esters is 1. The van der Waals surface area contributed by atoms with Crippen molar-refractivity contribution >= 4 is 45.9 Å². The fourth-order valence-corrected chi connectivity index (χ4v) is 3.67. The molecule has 0 atom stereocenters. The van der Waals surface area contributed by atoms with Gasteiger partial charge >= 0.3 is 5.97 Å². The summed E-state index contributed by atoms with van der Waals surface area (Å²) in [7, 11) is 0. The van der Waals surface area contributed by atoms with E-state index >= 15 is 0 Å². The van der Waals surface area contributed by atoms with Crippen LogP contribution in [0.1, 0.15) is 16.1 Å². The van der Waals surface area contributed by atoms with E-state index in [4.69, 9.17) is 9.26 Å². The Balaban J connectivity index is 1.37. The predicted octanol–water partition coefficient (Wildman–Crippen LogP) is 3.31. The van der Waals surface area contributed by atoms with E-state index in [2.05, 4.69) is 20.8 Å². The SMILES string of the molecule is Cc1noc2nc(-c3cccs3)cc(C(=O)OCC(=O)NCC(=O)Nc3ccc(F)cc3)c12. The minimum Gasteiger partial charge on any atom is -0.452 e. The van der Waals surface area contributed by atoms with Gasteiger partial charge < -0.3 is 19.9 Å². The highest BCUT2D eigenvalue weighted by Crippen LogP contribution is 2.29. The minimum atomic E-state index is -0.752. The van der Waals surface area contributed by atoms with Crippen LogP contribution in [0.15, 0.2) is 52.4 Å². The number of nitrogens with zero attached hydrogens (tertiary/aromatic N) is 2. The molecule has 33 heavy (non-hydrogen) atoms. The van der Waals surface area contributed by atoms with Crippen LogP contribution in [0.5, 0.6) is 0 Å². The molecule has 3 aromatic heterocycles. The Morgan fingerprint density at radius 3 is 2.67 bits per heavy atom. The Labute approximate surface area is 190 Å². The highest BCUT2D eigenvalue weighted by molar-refractivity contribution is 7.13. The number of fused-ring (bicyclic) bond motifs is 1. The molecule has 3 heterocycles. The van der Waals surface area contributed by atoms with Gasteiger partial charge in [-0.1, -0.05) is 11.2 Å². The van der Waals surface area contributed by atoms with Crippen molar-refractivity contribution in [2.45, 2.75) is 6.92 Å². The average molecular weight is 468 g/mol. The van der Waals surface area contributed by atoms with Crippen LogP contribution in [0.25, 0.3) is 21.7 Å².